The van der Waals surface area contributed by atoms with E-state index in [1.807, 2.05) is 0 Å². The molecule has 0 bridgehead atoms. The fourth-order valence-corrected chi connectivity index (χ4v) is 0.943. The van der Waals surface area contributed by atoms with Gasteiger partial charge >= 0.3 is 0 Å². The SMILES string of the molecule is N#CCC(=O)c1cc(F)c(F)c(F)c1F. The van der Waals surface area contributed by atoms with Gasteiger partial charge in [-0.05, 0) is 6.07 Å². The van der Waals surface area contributed by atoms with E-state index in [2.05, 4.69) is 0 Å². The predicted molar refractivity (Wildman–Crippen MR) is 40.8 cm³/mol. The van der Waals surface area contributed by atoms with E-state index in [0.717, 1.165) is 0 Å². The van der Waals surface area contributed by atoms with Gasteiger partial charge in [-0.3, -0.25) is 4.79 Å². The molecule has 0 atom stereocenters. The van der Waals surface area contributed by atoms with Crippen molar-refractivity contribution >= 4 is 5.78 Å². The Labute approximate surface area is 81.7 Å². The Morgan fingerprint density at radius 3 is 2.33 bits per heavy atom. The molecule has 0 saturated heterocycles. The van der Waals surface area contributed by atoms with Crippen molar-refractivity contribution in [3.8, 4) is 6.07 Å². The summed E-state index contributed by atoms with van der Waals surface area (Å²) < 4.78 is 50.6. The molecule has 6 heteroatoms. The first-order valence-electron chi connectivity index (χ1n) is 3.72. The summed E-state index contributed by atoms with van der Waals surface area (Å²) >= 11 is 0. The molecule has 0 spiro atoms. The van der Waals surface area contributed by atoms with Crippen molar-refractivity contribution < 1.29 is 22.4 Å². The Morgan fingerprint density at radius 2 is 1.80 bits per heavy atom. The maximum absolute atomic E-state index is 12.9. The summed E-state index contributed by atoms with van der Waals surface area (Å²) in [7, 11) is 0. The molecule has 0 saturated carbocycles. The number of carbonyl (C=O) groups excluding carboxylic acids is 1. The Hall–Kier alpha value is -1.90. The van der Waals surface area contributed by atoms with Crippen LogP contribution in [0.15, 0.2) is 6.07 Å². The highest BCUT2D eigenvalue weighted by Crippen LogP contribution is 2.19. The molecule has 15 heavy (non-hydrogen) atoms. The zero-order chi connectivity index (χ0) is 11.6. The fraction of sp³-hybridized carbons (Fsp3) is 0.111. The molecular formula is C9H3F4NO. The summed E-state index contributed by atoms with van der Waals surface area (Å²) in [5.74, 6) is -8.60. The number of nitriles is 1. The van der Waals surface area contributed by atoms with Gasteiger partial charge in [-0.25, -0.2) is 17.6 Å². The third kappa shape index (κ3) is 1.96. The van der Waals surface area contributed by atoms with Crippen LogP contribution in [0.2, 0.25) is 0 Å². The van der Waals surface area contributed by atoms with Gasteiger partial charge in [-0.2, -0.15) is 5.26 Å². The lowest BCUT2D eigenvalue weighted by Crippen LogP contribution is -2.07. The molecule has 0 amide bonds. The van der Waals surface area contributed by atoms with Crippen LogP contribution in [0, 0.1) is 34.6 Å². The van der Waals surface area contributed by atoms with E-state index < -0.39 is 41.0 Å². The van der Waals surface area contributed by atoms with Crippen LogP contribution >= 0.6 is 0 Å². The van der Waals surface area contributed by atoms with Gasteiger partial charge in [-0.15, -0.1) is 0 Å². The predicted octanol–water partition coefficient (Wildman–Crippen LogP) is 2.34. The molecule has 1 rings (SSSR count). The van der Waals surface area contributed by atoms with Crippen molar-refractivity contribution in [3.63, 3.8) is 0 Å². The van der Waals surface area contributed by atoms with E-state index in [-0.39, 0.29) is 6.07 Å². The first-order valence-corrected chi connectivity index (χ1v) is 3.72. The zero-order valence-electron chi connectivity index (χ0n) is 7.15. The molecule has 0 aliphatic heterocycles. The second kappa shape index (κ2) is 4.09. The summed E-state index contributed by atoms with van der Waals surface area (Å²) in [4.78, 5) is 11.0. The highest BCUT2D eigenvalue weighted by molar-refractivity contribution is 5.97. The van der Waals surface area contributed by atoms with Gasteiger partial charge in [0, 0.05) is 0 Å². The lowest BCUT2D eigenvalue weighted by atomic mass is 10.1. The third-order valence-electron chi connectivity index (χ3n) is 1.64. The number of Topliss-reactive ketones (excluding diaryl/α,β-unsaturated/α-hetero) is 1. The van der Waals surface area contributed by atoms with Crippen molar-refractivity contribution in [2.75, 3.05) is 0 Å². The van der Waals surface area contributed by atoms with E-state index in [1.165, 1.54) is 6.07 Å². The largest absolute Gasteiger partial charge is 0.293 e. The number of hydrogen-bond donors (Lipinski definition) is 0. The second-order valence-corrected chi connectivity index (χ2v) is 2.61. The maximum atomic E-state index is 12.9. The number of benzene rings is 1. The topological polar surface area (TPSA) is 40.9 Å². The van der Waals surface area contributed by atoms with Crippen molar-refractivity contribution in [2.24, 2.45) is 0 Å². The van der Waals surface area contributed by atoms with E-state index in [0.29, 0.717) is 0 Å². The first-order chi connectivity index (χ1) is 6.99. The molecule has 1 aromatic rings. The van der Waals surface area contributed by atoms with Gasteiger partial charge in [0.2, 0.25) is 0 Å². The molecule has 0 aliphatic carbocycles. The zero-order valence-corrected chi connectivity index (χ0v) is 7.15. The Kier molecular flexibility index (Phi) is 3.04. The van der Waals surface area contributed by atoms with Gasteiger partial charge in [-0.1, -0.05) is 0 Å². The molecule has 0 heterocycles. The second-order valence-electron chi connectivity index (χ2n) is 2.61. The highest BCUT2D eigenvalue weighted by atomic mass is 19.2. The number of nitrogens with zero attached hydrogens (tertiary/aromatic N) is 1. The number of halogens is 4. The molecule has 0 unspecified atom stereocenters. The molecular weight excluding hydrogens is 214 g/mol. The van der Waals surface area contributed by atoms with Gasteiger partial charge in [0.25, 0.3) is 0 Å². The summed E-state index contributed by atoms with van der Waals surface area (Å²) in [6.07, 6.45) is -0.735. The van der Waals surface area contributed by atoms with Crippen molar-refractivity contribution in [1.29, 1.82) is 5.26 Å². The van der Waals surface area contributed by atoms with Gasteiger partial charge in [0.15, 0.2) is 29.1 Å². The molecule has 0 N–H and O–H groups in total. The van der Waals surface area contributed by atoms with Crippen molar-refractivity contribution in [2.45, 2.75) is 6.42 Å². The number of hydrogen-bond acceptors (Lipinski definition) is 2. The van der Waals surface area contributed by atoms with E-state index in [4.69, 9.17) is 5.26 Å². The minimum Gasteiger partial charge on any atom is -0.293 e. The molecule has 0 aromatic heterocycles. The van der Waals surface area contributed by atoms with Gasteiger partial charge < -0.3 is 0 Å². The minimum absolute atomic E-state index is 0.230. The number of rotatable bonds is 2. The van der Waals surface area contributed by atoms with Crippen molar-refractivity contribution in [3.05, 3.63) is 34.9 Å². The van der Waals surface area contributed by atoms with Gasteiger partial charge in [0.1, 0.15) is 0 Å². The average molecular weight is 217 g/mol. The van der Waals surface area contributed by atoms with Crippen molar-refractivity contribution in [1.82, 2.24) is 0 Å². The van der Waals surface area contributed by atoms with Crippen LogP contribution < -0.4 is 0 Å². The average Bonchev–Trinajstić information content (AvgIpc) is 2.20. The Bertz CT molecular complexity index is 464. The smallest absolute Gasteiger partial charge is 0.198 e. The third-order valence-corrected chi connectivity index (χ3v) is 1.64. The first kappa shape index (κ1) is 11.2. The number of carbonyl (C=O) groups is 1. The van der Waals surface area contributed by atoms with Crippen LogP contribution in [0.25, 0.3) is 0 Å². The van der Waals surface area contributed by atoms with E-state index in [9.17, 15) is 22.4 Å². The Balaban J connectivity index is 3.33. The maximum Gasteiger partial charge on any atom is 0.198 e. The molecule has 78 valence electrons. The van der Waals surface area contributed by atoms with E-state index >= 15 is 0 Å². The monoisotopic (exact) mass is 217 g/mol. The summed E-state index contributed by atoms with van der Waals surface area (Å²) in [6.45, 7) is 0. The lowest BCUT2D eigenvalue weighted by molar-refractivity contribution is 0.0992. The van der Waals surface area contributed by atoms with Crippen LogP contribution in [0.5, 0.6) is 0 Å². The lowest BCUT2D eigenvalue weighted by Gasteiger charge is -2.02. The molecule has 0 fully saturated rings. The number of ketones is 1. The van der Waals surface area contributed by atoms with Crippen LogP contribution in [0.1, 0.15) is 16.8 Å². The highest BCUT2D eigenvalue weighted by Gasteiger charge is 2.22. The molecule has 1 aromatic carbocycles. The van der Waals surface area contributed by atoms with Crippen LogP contribution in [0.3, 0.4) is 0 Å². The minimum atomic E-state index is -2.06. The summed E-state index contributed by atoms with van der Waals surface area (Å²) in [5, 5.41) is 8.13. The normalized spacial score (nSPS) is 9.80. The van der Waals surface area contributed by atoms with Crippen LogP contribution in [0.4, 0.5) is 17.6 Å². The summed E-state index contributed by atoms with van der Waals surface area (Å²) in [5.41, 5.74) is -0.965. The fourth-order valence-electron chi connectivity index (χ4n) is 0.943. The van der Waals surface area contributed by atoms with Crippen LogP contribution in [-0.4, -0.2) is 5.78 Å². The molecule has 2 nitrogen and oxygen atoms in total. The quantitative estimate of drug-likeness (QED) is 0.330. The summed E-state index contributed by atoms with van der Waals surface area (Å²) in [6, 6.07) is 1.62. The van der Waals surface area contributed by atoms with Crippen LogP contribution in [-0.2, 0) is 0 Å². The molecule has 0 aliphatic rings. The Morgan fingerprint density at radius 1 is 1.20 bits per heavy atom. The van der Waals surface area contributed by atoms with Gasteiger partial charge in [0.05, 0.1) is 18.1 Å². The standard InChI is InChI=1S/C9H3F4NO/c10-5-3-4(6(15)1-2-14)7(11)9(13)8(5)12/h3H,1H2. The molecule has 0 radical (unpaired) electrons. The van der Waals surface area contributed by atoms with E-state index in [1.54, 1.807) is 0 Å².